The van der Waals surface area contributed by atoms with Crippen LogP contribution in [0.3, 0.4) is 0 Å². The number of hydrogen-bond acceptors (Lipinski definition) is 0. The van der Waals surface area contributed by atoms with Crippen molar-refractivity contribution < 1.29 is 0 Å². The van der Waals surface area contributed by atoms with E-state index in [4.69, 9.17) is 0 Å². The zero-order valence-corrected chi connectivity index (χ0v) is 20.1. The van der Waals surface area contributed by atoms with E-state index in [1.165, 1.54) is 56.2 Å². The predicted molar refractivity (Wildman–Crippen MR) is 142 cm³/mol. The normalized spacial score (nSPS) is 21.5. The fraction of sp³-hybridized carbons (Fsp3) is 0.250. The minimum atomic E-state index is 0.245. The van der Waals surface area contributed by atoms with Crippen molar-refractivity contribution >= 4 is 23.1 Å². The predicted octanol–water partition coefficient (Wildman–Crippen LogP) is 5.55. The van der Waals surface area contributed by atoms with Gasteiger partial charge in [0.05, 0.1) is 0 Å². The maximum atomic E-state index is 2.47. The second-order valence-corrected chi connectivity index (χ2v) is 10.6. The Labute approximate surface area is 198 Å². The van der Waals surface area contributed by atoms with Crippen LogP contribution in [0.2, 0.25) is 0 Å². The highest BCUT2D eigenvalue weighted by Gasteiger charge is 2.57. The molecule has 0 amide bonds. The lowest BCUT2D eigenvalue weighted by Gasteiger charge is -2.35. The van der Waals surface area contributed by atoms with Crippen molar-refractivity contribution in [2.75, 3.05) is 0 Å². The summed E-state index contributed by atoms with van der Waals surface area (Å²) in [5.74, 6) is 1.08. The molecule has 6 rings (SSSR count). The van der Waals surface area contributed by atoms with Gasteiger partial charge in [-0.15, -0.1) is 0 Å². The summed E-state index contributed by atoms with van der Waals surface area (Å²) in [6.45, 7) is 9.56. The monoisotopic (exact) mass is 426 g/mol. The highest BCUT2D eigenvalue weighted by molar-refractivity contribution is 6.97. The lowest BCUT2D eigenvalue weighted by Crippen LogP contribution is -2.59. The van der Waals surface area contributed by atoms with Gasteiger partial charge in [0.1, 0.15) is 0 Å². The fourth-order valence-corrected chi connectivity index (χ4v) is 6.87. The summed E-state index contributed by atoms with van der Waals surface area (Å²) in [6.07, 6.45) is 1.25. The highest BCUT2D eigenvalue weighted by Crippen LogP contribution is 2.61. The van der Waals surface area contributed by atoms with Gasteiger partial charge >= 0.3 is 0 Å². The molecule has 0 radical (unpaired) electrons. The fourth-order valence-electron chi connectivity index (χ4n) is 6.87. The molecular weight excluding hydrogens is 395 g/mol. The lowest BCUT2D eigenvalue weighted by atomic mass is 9.31. The summed E-state index contributed by atoms with van der Waals surface area (Å²) < 4.78 is 0. The molecule has 4 aromatic carbocycles. The van der Waals surface area contributed by atoms with Gasteiger partial charge in [-0.05, 0) is 55.2 Å². The molecule has 1 aliphatic carbocycles. The maximum absolute atomic E-state index is 2.47. The van der Waals surface area contributed by atoms with Gasteiger partial charge in [-0.1, -0.05) is 131 Å². The van der Waals surface area contributed by atoms with Crippen LogP contribution in [0.15, 0.2) is 91.0 Å². The molecule has 2 aliphatic rings. The van der Waals surface area contributed by atoms with Gasteiger partial charge in [-0.3, -0.25) is 0 Å². The van der Waals surface area contributed by atoms with Crippen molar-refractivity contribution in [3.05, 3.63) is 124 Å². The molecule has 2 atom stereocenters. The molecule has 0 bridgehead atoms. The van der Waals surface area contributed by atoms with Crippen molar-refractivity contribution in [1.82, 2.24) is 0 Å². The Bertz CT molecular complexity index is 1280. The van der Waals surface area contributed by atoms with Crippen molar-refractivity contribution in [3.63, 3.8) is 0 Å². The molecule has 0 nitrogen and oxygen atoms in total. The Hall–Kier alpha value is -3.06. The molecule has 0 N–H and O–H groups in total. The van der Waals surface area contributed by atoms with Gasteiger partial charge < -0.3 is 0 Å². The van der Waals surface area contributed by atoms with E-state index in [1.807, 2.05) is 0 Å². The molecule has 1 heteroatoms. The van der Waals surface area contributed by atoms with Crippen molar-refractivity contribution in [2.24, 2.45) is 5.92 Å². The van der Waals surface area contributed by atoms with Crippen LogP contribution in [-0.4, -0.2) is 6.71 Å². The molecular formula is C32H31B. The number of benzene rings is 4. The zero-order valence-electron chi connectivity index (χ0n) is 20.1. The van der Waals surface area contributed by atoms with E-state index in [0.29, 0.717) is 18.5 Å². The number of aryl methyl sites for hydroxylation is 3. The van der Waals surface area contributed by atoms with E-state index >= 15 is 0 Å². The molecule has 33 heavy (non-hydrogen) atoms. The van der Waals surface area contributed by atoms with Gasteiger partial charge in [0.15, 0.2) is 0 Å². The molecule has 4 aromatic rings. The van der Waals surface area contributed by atoms with Crippen LogP contribution in [0, 0.1) is 26.7 Å². The van der Waals surface area contributed by atoms with Crippen LogP contribution in [0.4, 0.5) is 0 Å². The van der Waals surface area contributed by atoms with Gasteiger partial charge in [0, 0.05) is 5.92 Å². The van der Waals surface area contributed by atoms with Crippen LogP contribution < -0.4 is 16.4 Å². The van der Waals surface area contributed by atoms with Gasteiger partial charge in [0.2, 0.25) is 6.71 Å². The van der Waals surface area contributed by atoms with E-state index in [2.05, 4.69) is 119 Å². The first-order valence-corrected chi connectivity index (χ1v) is 12.3. The summed E-state index contributed by atoms with van der Waals surface area (Å²) in [5, 5.41) is 0. The molecule has 1 fully saturated rings. The summed E-state index contributed by atoms with van der Waals surface area (Å²) in [7, 11) is 0. The van der Waals surface area contributed by atoms with Crippen LogP contribution in [0.25, 0.3) is 0 Å². The summed E-state index contributed by atoms with van der Waals surface area (Å²) in [6, 6.07) is 34.4. The largest absolute Gasteiger partial charge is 0.242 e. The minimum Gasteiger partial charge on any atom is -0.0667 e. The highest BCUT2D eigenvalue weighted by atomic mass is 14.6. The van der Waals surface area contributed by atoms with E-state index in [1.54, 1.807) is 0 Å². The van der Waals surface area contributed by atoms with Crippen molar-refractivity contribution in [2.45, 2.75) is 45.4 Å². The van der Waals surface area contributed by atoms with E-state index in [9.17, 15) is 0 Å². The first-order chi connectivity index (χ1) is 16.0. The van der Waals surface area contributed by atoms with E-state index < -0.39 is 0 Å². The lowest BCUT2D eigenvalue weighted by molar-refractivity contribution is 0.597. The van der Waals surface area contributed by atoms with E-state index in [-0.39, 0.29) is 5.41 Å². The van der Waals surface area contributed by atoms with Crippen molar-refractivity contribution in [1.29, 1.82) is 0 Å². The van der Waals surface area contributed by atoms with E-state index in [0.717, 1.165) is 0 Å². The zero-order chi connectivity index (χ0) is 22.7. The quantitative estimate of drug-likeness (QED) is 0.377. The summed E-state index contributed by atoms with van der Waals surface area (Å²) >= 11 is 0. The van der Waals surface area contributed by atoms with Crippen LogP contribution in [-0.2, 0) is 5.41 Å². The molecule has 1 heterocycles. The maximum Gasteiger partial charge on any atom is 0.242 e. The second kappa shape index (κ2) is 7.49. The summed E-state index contributed by atoms with van der Waals surface area (Å²) in [5.41, 5.74) is 13.4. The first kappa shape index (κ1) is 20.5. The average Bonchev–Trinajstić information content (AvgIpc) is 3.50. The topological polar surface area (TPSA) is 0 Å². The molecule has 1 aliphatic heterocycles. The number of rotatable bonds is 3. The third-order valence-corrected chi connectivity index (χ3v) is 8.45. The minimum absolute atomic E-state index is 0.245. The van der Waals surface area contributed by atoms with Crippen molar-refractivity contribution in [3.8, 4) is 0 Å². The standard InChI is InChI=1S/C32H31B/c1-21-18-22(2)31(23(3)19-21)33-28-16-10-8-14-25(28)30(26-15-9-11-17-29(26)33)27-20-32(27,4)24-12-6-5-7-13-24/h5-19,27,30H,20H2,1-4H3/t27-,32-/m1/s1. The smallest absolute Gasteiger partial charge is 0.0667 e. The Kier molecular flexibility index (Phi) is 4.66. The molecule has 0 aromatic heterocycles. The van der Waals surface area contributed by atoms with Crippen LogP contribution in [0.5, 0.6) is 0 Å². The first-order valence-electron chi connectivity index (χ1n) is 12.3. The summed E-state index contributed by atoms with van der Waals surface area (Å²) in [4.78, 5) is 0. The third-order valence-electron chi connectivity index (χ3n) is 8.45. The third kappa shape index (κ3) is 3.13. The second-order valence-electron chi connectivity index (χ2n) is 10.6. The molecule has 0 unspecified atom stereocenters. The molecule has 162 valence electrons. The Morgan fingerprint density at radius 1 is 0.697 bits per heavy atom. The molecule has 0 saturated heterocycles. The Morgan fingerprint density at radius 3 is 1.79 bits per heavy atom. The Morgan fingerprint density at radius 2 is 1.21 bits per heavy atom. The molecule has 1 saturated carbocycles. The average molecular weight is 426 g/mol. The van der Waals surface area contributed by atoms with Crippen LogP contribution >= 0.6 is 0 Å². The molecule has 0 spiro atoms. The number of hydrogen-bond donors (Lipinski definition) is 0. The Balaban J connectivity index is 1.55. The van der Waals surface area contributed by atoms with Crippen LogP contribution in [0.1, 0.15) is 52.6 Å². The van der Waals surface area contributed by atoms with Gasteiger partial charge in [-0.2, -0.15) is 0 Å². The SMILES string of the molecule is Cc1cc(C)c(B2c3ccccc3C([C@H]3C[C@]3(C)c3ccccc3)c3ccccc32)c(C)c1. The van der Waals surface area contributed by atoms with Gasteiger partial charge in [-0.25, -0.2) is 0 Å². The van der Waals surface area contributed by atoms with Gasteiger partial charge in [0.25, 0.3) is 0 Å². The number of fused-ring (bicyclic) bond motifs is 2.